The normalized spacial score (nSPS) is 12.1. The minimum absolute atomic E-state index is 0.0421. The minimum Gasteiger partial charge on any atom is -0.488 e. The third kappa shape index (κ3) is 17.4. The fraction of sp³-hybridized carbons (Fsp3) is 0.397. The molecule has 2 unspecified atom stereocenters. The second-order valence-electron chi connectivity index (χ2n) is 20.8. The molecule has 6 aromatic rings. The van der Waals surface area contributed by atoms with Crippen LogP contribution in [0.2, 0.25) is 10.0 Å². The van der Waals surface area contributed by atoms with Gasteiger partial charge in [0.15, 0.2) is 0 Å². The molecule has 2 atom stereocenters. The lowest BCUT2D eigenvalue weighted by atomic mass is 9.92. The molecule has 6 rings (SSSR count). The highest BCUT2D eigenvalue weighted by Crippen LogP contribution is 2.39. The number of ether oxygens (including phenoxy) is 4. The Kier molecular flexibility index (Phi) is 23.5. The average Bonchev–Trinajstić information content (AvgIpc) is 3.48. The summed E-state index contributed by atoms with van der Waals surface area (Å²) in [7, 11) is 0. The van der Waals surface area contributed by atoms with Crippen LogP contribution in [-0.4, -0.2) is 78.8 Å². The monoisotopic (exact) mass is 1130 g/mol. The van der Waals surface area contributed by atoms with Crippen molar-refractivity contribution in [3.05, 3.63) is 163 Å². The zero-order valence-corrected chi connectivity index (χ0v) is 48.2. The minimum atomic E-state index is -1.04. The van der Waals surface area contributed by atoms with Crippen LogP contribution in [0.5, 0.6) is 23.0 Å². The summed E-state index contributed by atoms with van der Waals surface area (Å²) in [5.74, 6) is 0.343. The number of aliphatic hydroxyl groups is 1. The maximum absolute atomic E-state index is 12.6. The molecule has 2 aromatic heterocycles. The van der Waals surface area contributed by atoms with Crippen molar-refractivity contribution >= 4 is 35.1 Å². The summed E-state index contributed by atoms with van der Waals surface area (Å²) in [6, 6.07) is 25.0. The van der Waals surface area contributed by atoms with Gasteiger partial charge < -0.3 is 34.3 Å². The molecule has 2 heterocycles. The van der Waals surface area contributed by atoms with E-state index in [4.69, 9.17) is 42.1 Å². The number of hydrogen-bond donors (Lipinski definition) is 3. The van der Waals surface area contributed by atoms with E-state index in [0.29, 0.717) is 104 Å². The molecule has 0 aliphatic carbocycles. The van der Waals surface area contributed by atoms with E-state index in [9.17, 15) is 35.4 Å². The van der Waals surface area contributed by atoms with E-state index in [1.165, 1.54) is 12.4 Å². The summed E-state index contributed by atoms with van der Waals surface area (Å²) >= 11 is 14.0. The summed E-state index contributed by atoms with van der Waals surface area (Å²) in [5, 5.41) is 50.1. The van der Waals surface area contributed by atoms with Crippen molar-refractivity contribution in [3.63, 3.8) is 0 Å². The van der Waals surface area contributed by atoms with E-state index >= 15 is 0 Å². The topological polar surface area (TPSA) is 212 Å². The fourth-order valence-electron chi connectivity index (χ4n) is 9.34. The molecule has 0 aliphatic heterocycles. The molecule has 3 N–H and O–H groups in total. The van der Waals surface area contributed by atoms with Gasteiger partial charge in [0.05, 0.1) is 21.2 Å². The number of benzene rings is 4. The van der Waals surface area contributed by atoms with E-state index in [2.05, 4.69) is 61.9 Å². The SMILES string of the molecule is CCCC(C(=O)O)N(CCC(C)C)Cc1cc(Cl)c(OCc2cccc(-c3cccc(COc4cc(OCc5cncc(C#N)c5)c(CN(CCC(C)C)C(CCO)C(=O)O)cc4Cl)c3C)c2C)cc1OCc1cncc(C#N)c1. The maximum Gasteiger partial charge on any atom is 0.321 e. The van der Waals surface area contributed by atoms with Crippen LogP contribution in [-0.2, 0) is 49.1 Å². The standard InChI is InChI=1S/C63H72Cl2N6O9/c1-8-11-56(62(73)74)70(19-16-40(2)3)34-50-24-54(64)60(26-58(50)77-36-46-22-44(28-66)30-68-32-46)79-38-48-12-9-14-52(42(48)6)53-15-10-13-49(43(53)7)39-80-61-27-59(78-37-47-23-45(29-67)31-69-33-47)51(25-55(61)65)35-71(20-17-41(4)5)57(18-21-72)63(75)76/h9-10,12-15,22-27,30-33,40-41,56-57,72H,8,11,16-21,34-39H2,1-7H3,(H,73,74)(H,75,76). The van der Waals surface area contributed by atoms with E-state index in [0.717, 1.165) is 46.2 Å². The lowest BCUT2D eigenvalue weighted by molar-refractivity contribution is -0.145. The van der Waals surface area contributed by atoms with E-state index < -0.39 is 24.0 Å². The van der Waals surface area contributed by atoms with E-state index in [1.54, 1.807) is 48.8 Å². The Morgan fingerprint density at radius 2 is 0.988 bits per heavy atom. The first-order valence-electron chi connectivity index (χ1n) is 27.0. The second-order valence-corrected chi connectivity index (χ2v) is 21.6. The number of halogens is 2. The first kappa shape index (κ1) is 62.0. The summed E-state index contributed by atoms with van der Waals surface area (Å²) in [6.07, 6.45) is 8.95. The molecule has 0 bridgehead atoms. The van der Waals surface area contributed by atoms with Crippen LogP contribution in [0.3, 0.4) is 0 Å². The molecule has 80 heavy (non-hydrogen) atoms. The van der Waals surface area contributed by atoms with E-state index in [-0.39, 0.29) is 52.5 Å². The van der Waals surface area contributed by atoms with Gasteiger partial charge in [0, 0.05) is 78.9 Å². The molecule has 0 aliphatic rings. The van der Waals surface area contributed by atoms with Gasteiger partial charge in [-0.25, -0.2) is 0 Å². The number of aromatic nitrogens is 2. The van der Waals surface area contributed by atoms with Crippen molar-refractivity contribution in [3.8, 4) is 46.3 Å². The summed E-state index contributed by atoms with van der Waals surface area (Å²) in [4.78, 5) is 37.3. The number of aliphatic carboxylic acids is 2. The number of nitriles is 2. The lowest BCUT2D eigenvalue weighted by Gasteiger charge is -2.30. The smallest absolute Gasteiger partial charge is 0.321 e. The molecular formula is C63H72Cl2N6O9. The number of carboxylic acid groups (broad SMARTS) is 2. The van der Waals surface area contributed by atoms with Crippen LogP contribution < -0.4 is 18.9 Å². The zero-order valence-electron chi connectivity index (χ0n) is 46.7. The first-order valence-corrected chi connectivity index (χ1v) is 27.7. The molecule has 0 saturated carbocycles. The third-order valence-corrected chi connectivity index (χ3v) is 14.6. The number of rotatable bonds is 31. The molecule has 17 heteroatoms. The van der Waals surface area contributed by atoms with Gasteiger partial charge in [-0.15, -0.1) is 0 Å². The van der Waals surface area contributed by atoms with Gasteiger partial charge in [-0.1, -0.05) is 101 Å². The number of aliphatic hydroxyl groups excluding tert-OH is 1. The maximum atomic E-state index is 12.6. The van der Waals surface area contributed by atoms with Gasteiger partial charge in [0.25, 0.3) is 0 Å². The molecule has 422 valence electrons. The highest BCUT2D eigenvalue weighted by atomic mass is 35.5. The number of pyridine rings is 2. The van der Waals surface area contributed by atoms with Crippen molar-refractivity contribution in [2.24, 2.45) is 11.8 Å². The number of carboxylic acids is 2. The van der Waals surface area contributed by atoms with Crippen LogP contribution in [0.15, 0.2) is 97.6 Å². The Hall–Kier alpha value is -7.24. The fourth-order valence-corrected chi connectivity index (χ4v) is 9.82. The van der Waals surface area contributed by atoms with Crippen molar-refractivity contribution in [1.29, 1.82) is 10.5 Å². The quantitative estimate of drug-likeness (QED) is 0.0369. The van der Waals surface area contributed by atoms with Gasteiger partial charge in [-0.05, 0) is 122 Å². The van der Waals surface area contributed by atoms with Crippen LogP contribution >= 0.6 is 23.2 Å². The summed E-state index contributed by atoms with van der Waals surface area (Å²) < 4.78 is 25.9. The largest absolute Gasteiger partial charge is 0.488 e. The van der Waals surface area contributed by atoms with Gasteiger partial charge in [0.1, 0.15) is 73.6 Å². The lowest BCUT2D eigenvalue weighted by Crippen LogP contribution is -2.42. The summed E-state index contributed by atoms with van der Waals surface area (Å²) in [5.41, 5.74) is 9.21. The number of nitrogens with zero attached hydrogens (tertiary/aromatic N) is 6. The van der Waals surface area contributed by atoms with Crippen molar-refractivity contribution < 1.29 is 43.9 Å². The Morgan fingerprint density at radius 3 is 1.36 bits per heavy atom. The molecule has 0 amide bonds. The highest BCUT2D eigenvalue weighted by Gasteiger charge is 2.29. The molecular weight excluding hydrogens is 1060 g/mol. The Bertz CT molecular complexity index is 2950. The molecule has 0 fully saturated rings. The predicted molar refractivity (Wildman–Crippen MR) is 309 cm³/mol. The number of hydrogen-bond acceptors (Lipinski definition) is 13. The van der Waals surface area contributed by atoms with Crippen molar-refractivity contribution in [2.45, 2.75) is 132 Å². The first-order chi connectivity index (χ1) is 38.4. The molecule has 0 spiro atoms. The molecule has 0 saturated heterocycles. The Morgan fingerprint density at radius 1 is 0.575 bits per heavy atom. The van der Waals surface area contributed by atoms with Gasteiger partial charge >= 0.3 is 11.9 Å². The molecule has 0 radical (unpaired) electrons. The third-order valence-electron chi connectivity index (χ3n) is 14.0. The van der Waals surface area contributed by atoms with E-state index in [1.807, 2.05) is 54.8 Å². The molecule has 15 nitrogen and oxygen atoms in total. The Balaban J connectivity index is 1.26. The second kappa shape index (κ2) is 30.4. The van der Waals surface area contributed by atoms with Crippen molar-refractivity contribution in [1.82, 2.24) is 19.8 Å². The zero-order chi connectivity index (χ0) is 57.9. The predicted octanol–water partition coefficient (Wildman–Crippen LogP) is 12.9. The average molecular weight is 1130 g/mol. The highest BCUT2D eigenvalue weighted by molar-refractivity contribution is 6.32. The van der Waals surface area contributed by atoms with Crippen LogP contribution in [0.1, 0.15) is 122 Å². The summed E-state index contributed by atoms with van der Waals surface area (Å²) in [6.45, 7) is 16.1. The number of carbonyl (C=O) groups is 2. The Labute approximate surface area is 480 Å². The van der Waals surface area contributed by atoms with Gasteiger partial charge in [-0.2, -0.15) is 10.5 Å². The van der Waals surface area contributed by atoms with Gasteiger partial charge in [0.2, 0.25) is 0 Å². The van der Waals surface area contributed by atoms with Crippen LogP contribution in [0.25, 0.3) is 11.1 Å². The van der Waals surface area contributed by atoms with Crippen LogP contribution in [0, 0.1) is 48.3 Å². The van der Waals surface area contributed by atoms with Gasteiger partial charge in [-0.3, -0.25) is 29.4 Å². The van der Waals surface area contributed by atoms with Crippen molar-refractivity contribution in [2.75, 3.05) is 19.7 Å². The molecule has 4 aromatic carbocycles. The van der Waals surface area contributed by atoms with Crippen LogP contribution in [0.4, 0.5) is 0 Å².